The average Bonchev–Trinajstić information content (AvgIpc) is 3.91. The Balaban J connectivity index is 1.03. The molecule has 9 aromatic carbocycles. The first-order valence-corrected chi connectivity index (χ1v) is 21.2. The molecule has 12 aromatic rings. The van der Waals surface area contributed by atoms with E-state index >= 15 is 0 Å². The smallest absolute Gasteiger partial charge is 0.164 e. The van der Waals surface area contributed by atoms with Gasteiger partial charge in [-0.2, -0.15) is 0 Å². The Morgan fingerprint density at radius 3 is 1.79 bits per heavy atom. The number of furan rings is 1. The molecule has 286 valence electrons. The lowest BCUT2D eigenvalue weighted by molar-refractivity contribution is 0.669. The first-order chi connectivity index (χ1) is 30.2. The van der Waals surface area contributed by atoms with E-state index in [1.807, 2.05) is 30.3 Å². The molecule has 0 aliphatic heterocycles. The van der Waals surface area contributed by atoms with Crippen LogP contribution in [-0.4, -0.2) is 15.0 Å². The van der Waals surface area contributed by atoms with Crippen molar-refractivity contribution < 1.29 is 4.42 Å². The minimum Gasteiger partial charge on any atom is -0.456 e. The molecule has 61 heavy (non-hydrogen) atoms. The summed E-state index contributed by atoms with van der Waals surface area (Å²) in [6.07, 6.45) is 0. The fourth-order valence-corrected chi connectivity index (χ4v) is 9.80. The Morgan fingerprint density at radius 1 is 0.361 bits per heavy atom. The van der Waals surface area contributed by atoms with Crippen LogP contribution in [0.5, 0.6) is 0 Å². The molecule has 0 unspecified atom stereocenters. The molecule has 0 amide bonds. The Kier molecular flexibility index (Phi) is 8.28. The van der Waals surface area contributed by atoms with Gasteiger partial charge in [0.1, 0.15) is 11.2 Å². The van der Waals surface area contributed by atoms with E-state index in [1.165, 1.54) is 25.9 Å². The highest BCUT2D eigenvalue weighted by Crippen LogP contribution is 2.44. The standard InChI is InChI=1S/C55H34N4OS/c1-3-13-35(14-4-1)37-27-29-41(30-28-37)59(40-17-5-2-6-18-40)42-31-32-44-50(34-42)61-49-24-12-21-46(52(44)49)55-57-53(39-26-25-36-15-7-8-16-38(36)33-39)56-54(58-55)45-20-11-23-48-51(45)43-19-9-10-22-47(43)60-48/h1-34H. The van der Waals surface area contributed by atoms with Crippen LogP contribution in [0.4, 0.5) is 17.1 Å². The lowest BCUT2D eigenvalue weighted by Gasteiger charge is -2.25. The predicted octanol–water partition coefficient (Wildman–Crippen LogP) is 15.4. The molecular formula is C55H34N4OS. The van der Waals surface area contributed by atoms with E-state index in [0.29, 0.717) is 17.5 Å². The van der Waals surface area contributed by atoms with Crippen molar-refractivity contribution >= 4 is 81.3 Å². The number of anilines is 3. The minimum absolute atomic E-state index is 0.598. The third-order valence-electron chi connectivity index (χ3n) is 11.5. The largest absolute Gasteiger partial charge is 0.456 e. The van der Waals surface area contributed by atoms with Gasteiger partial charge in [0.2, 0.25) is 0 Å². The van der Waals surface area contributed by atoms with E-state index in [4.69, 9.17) is 19.4 Å². The first kappa shape index (κ1) is 35.1. The summed E-state index contributed by atoms with van der Waals surface area (Å²) >= 11 is 1.79. The first-order valence-electron chi connectivity index (χ1n) is 20.3. The van der Waals surface area contributed by atoms with Crippen molar-refractivity contribution in [3.05, 3.63) is 206 Å². The Morgan fingerprint density at radius 2 is 0.967 bits per heavy atom. The molecular weight excluding hydrogens is 765 g/mol. The van der Waals surface area contributed by atoms with Crippen molar-refractivity contribution in [3.8, 4) is 45.3 Å². The molecule has 0 aliphatic rings. The number of benzene rings is 9. The van der Waals surface area contributed by atoms with Gasteiger partial charge in [-0.15, -0.1) is 11.3 Å². The molecule has 3 aromatic heterocycles. The average molecular weight is 799 g/mol. The summed E-state index contributed by atoms with van der Waals surface area (Å²) in [6.45, 7) is 0. The third-order valence-corrected chi connectivity index (χ3v) is 12.6. The topological polar surface area (TPSA) is 55.1 Å². The zero-order chi connectivity index (χ0) is 40.3. The molecule has 0 atom stereocenters. The number of aromatic nitrogens is 3. The maximum absolute atomic E-state index is 6.32. The maximum atomic E-state index is 6.32. The van der Waals surface area contributed by atoms with Crippen LogP contribution < -0.4 is 4.90 Å². The van der Waals surface area contributed by atoms with Gasteiger partial charge in [-0.1, -0.05) is 146 Å². The van der Waals surface area contributed by atoms with Gasteiger partial charge < -0.3 is 9.32 Å². The highest BCUT2D eigenvalue weighted by Gasteiger charge is 2.21. The second kappa shape index (κ2) is 14.4. The monoisotopic (exact) mass is 798 g/mol. The number of rotatable bonds is 7. The highest BCUT2D eigenvalue weighted by atomic mass is 32.1. The second-order valence-electron chi connectivity index (χ2n) is 15.2. The number of hydrogen-bond donors (Lipinski definition) is 0. The van der Waals surface area contributed by atoms with Crippen molar-refractivity contribution in [2.45, 2.75) is 0 Å². The van der Waals surface area contributed by atoms with Crippen molar-refractivity contribution in [1.82, 2.24) is 15.0 Å². The van der Waals surface area contributed by atoms with Gasteiger partial charge in [0.25, 0.3) is 0 Å². The third kappa shape index (κ3) is 6.12. The Bertz CT molecular complexity index is 3600. The molecule has 0 saturated carbocycles. The zero-order valence-corrected chi connectivity index (χ0v) is 33.6. The minimum atomic E-state index is 0.598. The van der Waals surface area contributed by atoms with Gasteiger partial charge in [0.05, 0.1) is 0 Å². The molecule has 0 spiro atoms. The number of thiophene rings is 1. The second-order valence-corrected chi connectivity index (χ2v) is 16.3. The van der Waals surface area contributed by atoms with E-state index in [0.717, 1.165) is 71.8 Å². The maximum Gasteiger partial charge on any atom is 0.164 e. The van der Waals surface area contributed by atoms with Crippen LogP contribution in [0.25, 0.3) is 98.2 Å². The van der Waals surface area contributed by atoms with Crippen LogP contribution >= 0.6 is 11.3 Å². The predicted molar refractivity (Wildman–Crippen MR) is 254 cm³/mol. The molecule has 0 saturated heterocycles. The quantitative estimate of drug-likeness (QED) is 0.161. The van der Waals surface area contributed by atoms with Crippen LogP contribution in [0.1, 0.15) is 0 Å². The van der Waals surface area contributed by atoms with Crippen LogP contribution in [0, 0.1) is 0 Å². The highest BCUT2D eigenvalue weighted by molar-refractivity contribution is 7.26. The summed E-state index contributed by atoms with van der Waals surface area (Å²) in [5.41, 5.74) is 10.1. The van der Waals surface area contributed by atoms with Crippen molar-refractivity contribution in [3.63, 3.8) is 0 Å². The fraction of sp³-hybridized carbons (Fsp3) is 0. The Labute approximate surface area is 355 Å². The Hall–Kier alpha value is -7.93. The van der Waals surface area contributed by atoms with Gasteiger partial charge in [-0.25, -0.2) is 15.0 Å². The summed E-state index contributed by atoms with van der Waals surface area (Å²) < 4.78 is 8.67. The van der Waals surface area contributed by atoms with Crippen LogP contribution in [0.15, 0.2) is 211 Å². The summed E-state index contributed by atoms with van der Waals surface area (Å²) in [5.74, 6) is 1.84. The van der Waals surface area contributed by atoms with Gasteiger partial charge in [-0.05, 0) is 82.6 Å². The van der Waals surface area contributed by atoms with E-state index < -0.39 is 0 Å². The molecule has 3 heterocycles. The number of hydrogen-bond acceptors (Lipinski definition) is 6. The number of fused-ring (bicyclic) bond motifs is 7. The molecule has 0 aliphatic carbocycles. The summed E-state index contributed by atoms with van der Waals surface area (Å²) in [4.78, 5) is 18.1. The SMILES string of the molecule is c1ccc(-c2ccc(N(c3ccccc3)c3ccc4c(c3)sc3cccc(-c5nc(-c6ccc7ccccc7c6)nc(-c6cccc7oc8ccccc8c67)n5)c34)cc2)cc1. The van der Waals surface area contributed by atoms with Crippen molar-refractivity contribution in [2.24, 2.45) is 0 Å². The lowest BCUT2D eigenvalue weighted by Crippen LogP contribution is -2.09. The molecule has 0 bridgehead atoms. The number of nitrogens with zero attached hydrogens (tertiary/aromatic N) is 4. The van der Waals surface area contributed by atoms with E-state index in [2.05, 4.69) is 181 Å². The van der Waals surface area contributed by atoms with Gasteiger partial charge >= 0.3 is 0 Å². The van der Waals surface area contributed by atoms with E-state index in [9.17, 15) is 0 Å². The van der Waals surface area contributed by atoms with E-state index in [-0.39, 0.29) is 0 Å². The molecule has 0 N–H and O–H groups in total. The molecule has 12 rings (SSSR count). The summed E-state index contributed by atoms with van der Waals surface area (Å²) in [5, 5.41) is 6.60. The van der Waals surface area contributed by atoms with E-state index in [1.54, 1.807) is 11.3 Å². The van der Waals surface area contributed by atoms with Crippen LogP contribution in [-0.2, 0) is 0 Å². The normalized spacial score (nSPS) is 11.6. The molecule has 0 fully saturated rings. The zero-order valence-electron chi connectivity index (χ0n) is 32.7. The van der Waals surface area contributed by atoms with Crippen LogP contribution in [0.2, 0.25) is 0 Å². The fourth-order valence-electron chi connectivity index (χ4n) is 8.63. The number of para-hydroxylation sites is 2. The summed E-state index contributed by atoms with van der Waals surface area (Å²) in [7, 11) is 0. The molecule has 0 radical (unpaired) electrons. The van der Waals surface area contributed by atoms with Gasteiger partial charge in [0.15, 0.2) is 17.5 Å². The molecule has 5 nitrogen and oxygen atoms in total. The van der Waals surface area contributed by atoms with Crippen molar-refractivity contribution in [1.29, 1.82) is 0 Å². The van der Waals surface area contributed by atoms with Gasteiger partial charge in [-0.3, -0.25) is 0 Å². The summed E-state index contributed by atoms with van der Waals surface area (Å²) in [6, 6.07) is 72.2. The van der Waals surface area contributed by atoms with Crippen LogP contribution in [0.3, 0.4) is 0 Å². The lowest BCUT2D eigenvalue weighted by atomic mass is 10.0. The molecule has 6 heteroatoms. The van der Waals surface area contributed by atoms with Gasteiger partial charge in [0, 0.05) is 64.7 Å². The van der Waals surface area contributed by atoms with Crippen molar-refractivity contribution in [2.75, 3.05) is 4.90 Å².